The molecule has 0 N–H and O–H groups in total. The molecule has 0 aliphatic carbocycles. The standard InChI is InChI=1S/C14H9Cl3OS/c15-10-3-1-2-9(6-10)13(18)8-19-14-7-11(16)4-5-12(14)17/h1-7H,8H2. The van der Waals surface area contributed by atoms with E-state index in [0.29, 0.717) is 26.4 Å². The number of carbonyl (C=O) groups is 1. The van der Waals surface area contributed by atoms with E-state index in [2.05, 4.69) is 0 Å². The van der Waals surface area contributed by atoms with Crippen molar-refractivity contribution in [1.82, 2.24) is 0 Å². The summed E-state index contributed by atoms with van der Waals surface area (Å²) >= 11 is 19.2. The largest absolute Gasteiger partial charge is 0.293 e. The molecule has 0 aliphatic heterocycles. The van der Waals surface area contributed by atoms with Crippen molar-refractivity contribution in [1.29, 1.82) is 0 Å². The van der Waals surface area contributed by atoms with Crippen LogP contribution >= 0.6 is 46.6 Å². The van der Waals surface area contributed by atoms with Gasteiger partial charge in [-0.25, -0.2) is 0 Å². The van der Waals surface area contributed by atoms with Crippen molar-refractivity contribution in [3.63, 3.8) is 0 Å². The lowest BCUT2D eigenvalue weighted by Crippen LogP contribution is -2.02. The molecule has 0 spiro atoms. The zero-order chi connectivity index (χ0) is 13.8. The minimum absolute atomic E-state index is 0.00328. The van der Waals surface area contributed by atoms with E-state index in [4.69, 9.17) is 34.8 Å². The van der Waals surface area contributed by atoms with Gasteiger partial charge in [0.2, 0.25) is 0 Å². The van der Waals surface area contributed by atoms with Gasteiger partial charge in [-0.3, -0.25) is 4.79 Å². The van der Waals surface area contributed by atoms with Gasteiger partial charge in [-0.1, -0.05) is 46.9 Å². The average molecular weight is 332 g/mol. The van der Waals surface area contributed by atoms with Gasteiger partial charge in [0, 0.05) is 20.5 Å². The third-order valence-corrected chi connectivity index (χ3v) is 4.37. The molecular weight excluding hydrogens is 323 g/mol. The molecule has 2 aromatic rings. The molecule has 0 radical (unpaired) electrons. The first-order chi connectivity index (χ1) is 9.06. The van der Waals surface area contributed by atoms with E-state index in [1.807, 2.05) is 0 Å². The summed E-state index contributed by atoms with van der Waals surface area (Å²) in [5.74, 6) is 0.295. The van der Waals surface area contributed by atoms with Crippen LogP contribution in [0, 0.1) is 0 Å². The summed E-state index contributed by atoms with van der Waals surface area (Å²) in [4.78, 5) is 12.8. The Morgan fingerprint density at radius 1 is 1.00 bits per heavy atom. The van der Waals surface area contributed by atoms with Crippen molar-refractivity contribution in [3.05, 3.63) is 63.1 Å². The highest BCUT2D eigenvalue weighted by Gasteiger charge is 2.09. The van der Waals surface area contributed by atoms with Crippen LogP contribution in [0.1, 0.15) is 10.4 Å². The van der Waals surface area contributed by atoms with Gasteiger partial charge in [0.1, 0.15) is 0 Å². The topological polar surface area (TPSA) is 17.1 Å². The normalized spacial score (nSPS) is 10.5. The van der Waals surface area contributed by atoms with Gasteiger partial charge in [0.15, 0.2) is 5.78 Å². The van der Waals surface area contributed by atoms with Crippen LogP contribution in [-0.4, -0.2) is 11.5 Å². The van der Waals surface area contributed by atoms with Gasteiger partial charge in [0.05, 0.1) is 10.8 Å². The molecule has 0 atom stereocenters. The highest BCUT2D eigenvalue weighted by atomic mass is 35.5. The summed E-state index contributed by atoms with van der Waals surface area (Å²) in [6.07, 6.45) is 0. The lowest BCUT2D eigenvalue weighted by molar-refractivity contribution is 0.102. The van der Waals surface area contributed by atoms with Crippen molar-refractivity contribution in [2.75, 3.05) is 5.75 Å². The van der Waals surface area contributed by atoms with Crippen molar-refractivity contribution < 1.29 is 4.79 Å². The summed E-state index contributed by atoms with van der Waals surface area (Å²) in [6.45, 7) is 0. The molecule has 0 unspecified atom stereocenters. The molecule has 5 heteroatoms. The van der Waals surface area contributed by atoms with Gasteiger partial charge >= 0.3 is 0 Å². The van der Waals surface area contributed by atoms with Gasteiger partial charge in [-0.05, 0) is 30.3 Å². The Hall–Kier alpha value is -0.670. The fraction of sp³-hybridized carbons (Fsp3) is 0.0714. The predicted octanol–water partition coefficient (Wildman–Crippen LogP) is 5.62. The van der Waals surface area contributed by atoms with E-state index in [1.54, 1.807) is 42.5 Å². The second-order valence-corrected chi connectivity index (χ2v) is 6.09. The first-order valence-corrected chi connectivity index (χ1v) is 7.55. The summed E-state index contributed by atoms with van der Waals surface area (Å²) in [6, 6.07) is 12.1. The number of benzene rings is 2. The van der Waals surface area contributed by atoms with Gasteiger partial charge in [-0.2, -0.15) is 0 Å². The van der Waals surface area contributed by atoms with Crippen molar-refractivity contribution in [2.24, 2.45) is 0 Å². The molecule has 2 aromatic carbocycles. The van der Waals surface area contributed by atoms with Crippen LogP contribution in [0.15, 0.2) is 47.4 Å². The minimum Gasteiger partial charge on any atom is -0.293 e. The molecule has 0 fully saturated rings. The van der Waals surface area contributed by atoms with Crippen molar-refractivity contribution in [3.8, 4) is 0 Å². The number of ketones is 1. The average Bonchev–Trinajstić information content (AvgIpc) is 2.39. The van der Waals surface area contributed by atoms with Crippen molar-refractivity contribution in [2.45, 2.75) is 4.90 Å². The first-order valence-electron chi connectivity index (χ1n) is 5.43. The van der Waals surface area contributed by atoms with Crippen LogP contribution in [0.5, 0.6) is 0 Å². The molecule has 0 saturated heterocycles. The second-order valence-electron chi connectivity index (χ2n) is 3.80. The Kier molecular flexibility index (Phi) is 5.17. The van der Waals surface area contributed by atoms with E-state index >= 15 is 0 Å². The fourth-order valence-electron chi connectivity index (χ4n) is 1.48. The van der Waals surface area contributed by atoms with E-state index in [-0.39, 0.29) is 5.78 Å². The minimum atomic E-state index is 0.00328. The van der Waals surface area contributed by atoms with Crippen LogP contribution in [0.25, 0.3) is 0 Å². The molecule has 1 nitrogen and oxygen atoms in total. The van der Waals surface area contributed by atoms with E-state index in [9.17, 15) is 4.79 Å². The van der Waals surface area contributed by atoms with E-state index in [1.165, 1.54) is 11.8 Å². The summed E-state index contributed by atoms with van der Waals surface area (Å²) in [7, 11) is 0. The molecule has 0 heterocycles. The monoisotopic (exact) mass is 330 g/mol. The number of hydrogen-bond donors (Lipinski definition) is 0. The lowest BCUT2D eigenvalue weighted by atomic mass is 10.1. The Morgan fingerprint density at radius 3 is 2.47 bits per heavy atom. The Morgan fingerprint density at radius 2 is 1.74 bits per heavy atom. The number of Topliss-reactive ketones (excluding diaryl/α,β-unsaturated/α-hetero) is 1. The molecule has 0 saturated carbocycles. The Balaban J connectivity index is 2.06. The summed E-state index contributed by atoms with van der Waals surface area (Å²) < 4.78 is 0. The lowest BCUT2D eigenvalue weighted by Gasteiger charge is -2.05. The third kappa shape index (κ3) is 4.15. The Labute approximate surface area is 130 Å². The molecule has 0 aliphatic rings. The molecule has 2 rings (SSSR count). The van der Waals surface area contributed by atoms with Crippen LogP contribution in [0.4, 0.5) is 0 Å². The molecule has 0 aromatic heterocycles. The second kappa shape index (κ2) is 6.67. The smallest absolute Gasteiger partial charge is 0.173 e. The number of rotatable bonds is 4. The fourth-order valence-corrected chi connectivity index (χ4v) is 3.05. The molecular formula is C14H9Cl3OS. The quantitative estimate of drug-likeness (QED) is 0.534. The number of hydrogen-bond acceptors (Lipinski definition) is 2. The summed E-state index contributed by atoms with van der Waals surface area (Å²) in [5, 5.41) is 1.74. The van der Waals surface area contributed by atoms with Crippen LogP contribution in [0.3, 0.4) is 0 Å². The van der Waals surface area contributed by atoms with Gasteiger partial charge < -0.3 is 0 Å². The maximum atomic E-state index is 12.0. The number of thioether (sulfide) groups is 1. The van der Waals surface area contributed by atoms with E-state index < -0.39 is 0 Å². The van der Waals surface area contributed by atoms with Crippen LogP contribution in [-0.2, 0) is 0 Å². The number of carbonyl (C=O) groups excluding carboxylic acids is 1. The first kappa shape index (κ1) is 14.7. The van der Waals surface area contributed by atoms with Crippen LogP contribution in [0.2, 0.25) is 15.1 Å². The van der Waals surface area contributed by atoms with Gasteiger partial charge in [-0.15, -0.1) is 11.8 Å². The maximum absolute atomic E-state index is 12.0. The molecule has 0 bridgehead atoms. The molecule has 0 amide bonds. The molecule has 98 valence electrons. The molecule has 19 heavy (non-hydrogen) atoms. The highest BCUT2D eigenvalue weighted by Crippen LogP contribution is 2.30. The Bertz CT molecular complexity index is 613. The number of halogens is 3. The van der Waals surface area contributed by atoms with E-state index in [0.717, 1.165) is 4.90 Å². The summed E-state index contributed by atoms with van der Waals surface area (Å²) in [5.41, 5.74) is 0.596. The maximum Gasteiger partial charge on any atom is 0.173 e. The predicted molar refractivity (Wildman–Crippen MR) is 83.0 cm³/mol. The zero-order valence-corrected chi connectivity index (χ0v) is 12.8. The SMILES string of the molecule is O=C(CSc1cc(Cl)ccc1Cl)c1cccc(Cl)c1. The zero-order valence-electron chi connectivity index (χ0n) is 9.70. The third-order valence-electron chi connectivity index (χ3n) is 2.40. The van der Waals surface area contributed by atoms with Crippen molar-refractivity contribution >= 4 is 52.3 Å². The van der Waals surface area contributed by atoms with Crippen LogP contribution < -0.4 is 0 Å². The highest BCUT2D eigenvalue weighted by molar-refractivity contribution is 8.00. The van der Waals surface area contributed by atoms with Gasteiger partial charge in [0.25, 0.3) is 0 Å².